The maximum atomic E-state index is 4.38. The SMILES string of the molecule is Cc1cnc(CSCc2nnc(C)n2C2CC2)s1. The second kappa shape index (κ2) is 5.01. The highest BCUT2D eigenvalue weighted by Gasteiger charge is 2.27. The summed E-state index contributed by atoms with van der Waals surface area (Å²) in [6.07, 6.45) is 4.50. The third kappa shape index (κ3) is 2.59. The van der Waals surface area contributed by atoms with Crippen LogP contribution in [0.1, 0.15) is 40.4 Å². The molecule has 0 saturated heterocycles. The highest BCUT2D eigenvalue weighted by atomic mass is 32.2. The Morgan fingerprint density at radius 2 is 2.17 bits per heavy atom. The van der Waals surface area contributed by atoms with E-state index >= 15 is 0 Å². The normalized spacial score (nSPS) is 15.2. The molecule has 1 saturated carbocycles. The fraction of sp³-hybridized carbons (Fsp3) is 0.583. The fourth-order valence-corrected chi connectivity index (χ4v) is 3.82. The number of aromatic nitrogens is 4. The Balaban J connectivity index is 1.60. The summed E-state index contributed by atoms with van der Waals surface area (Å²) in [7, 11) is 0. The first kappa shape index (κ1) is 12.2. The van der Waals surface area contributed by atoms with Gasteiger partial charge < -0.3 is 4.57 Å². The molecule has 0 aromatic carbocycles. The molecule has 0 N–H and O–H groups in total. The minimum absolute atomic E-state index is 0.665. The Labute approximate surface area is 115 Å². The lowest BCUT2D eigenvalue weighted by Crippen LogP contribution is -2.02. The average molecular weight is 280 g/mol. The van der Waals surface area contributed by atoms with Gasteiger partial charge in [0.2, 0.25) is 0 Å². The van der Waals surface area contributed by atoms with E-state index in [1.54, 1.807) is 11.3 Å². The highest BCUT2D eigenvalue weighted by Crippen LogP contribution is 2.37. The van der Waals surface area contributed by atoms with Crippen molar-refractivity contribution in [2.24, 2.45) is 0 Å². The van der Waals surface area contributed by atoms with E-state index in [0.29, 0.717) is 6.04 Å². The molecule has 0 atom stereocenters. The first-order chi connectivity index (χ1) is 8.74. The summed E-state index contributed by atoms with van der Waals surface area (Å²) in [5, 5.41) is 9.68. The lowest BCUT2D eigenvalue weighted by Gasteiger charge is -2.05. The van der Waals surface area contributed by atoms with E-state index in [1.807, 2.05) is 24.9 Å². The van der Waals surface area contributed by atoms with Crippen molar-refractivity contribution in [1.29, 1.82) is 0 Å². The van der Waals surface area contributed by atoms with Crippen molar-refractivity contribution in [3.63, 3.8) is 0 Å². The standard InChI is InChI=1S/C12H16N4S2/c1-8-5-13-12(18-8)7-17-6-11-15-14-9(2)16(11)10-3-4-10/h5,10H,3-4,6-7H2,1-2H3. The van der Waals surface area contributed by atoms with Crippen LogP contribution in [0.2, 0.25) is 0 Å². The van der Waals surface area contributed by atoms with Crippen LogP contribution in [0.4, 0.5) is 0 Å². The monoisotopic (exact) mass is 280 g/mol. The Hall–Kier alpha value is -0.880. The first-order valence-electron chi connectivity index (χ1n) is 6.13. The lowest BCUT2D eigenvalue weighted by atomic mass is 10.5. The second-order valence-electron chi connectivity index (χ2n) is 4.62. The van der Waals surface area contributed by atoms with E-state index in [4.69, 9.17) is 0 Å². The van der Waals surface area contributed by atoms with E-state index < -0.39 is 0 Å². The van der Waals surface area contributed by atoms with Crippen LogP contribution < -0.4 is 0 Å². The highest BCUT2D eigenvalue weighted by molar-refractivity contribution is 7.97. The summed E-state index contributed by atoms with van der Waals surface area (Å²) >= 11 is 3.65. The minimum Gasteiger partial charge on any atom is -0.311 e. The molecule has 3 rings (SSSR count). The zero-order valence-electron chi connectivity index (χ0n) is 10.6. The molecule has 0 spiro atoms. The van der Waals surface area contributed by atoms with Gasteiger partial charge in [-0.15, -0.1) is 33.3 Å². The van der Waals surface area contributed by atoms with Crippen LogP contribution in [-0.2, 0) is 11.5 Å². The summed E-state index contributed by atoms with van der Waals surface area (Å²) in [6.45, 7) is 4.14. The van der Waals surface area contributed by atoms with Crippen molar-refractivity contribution in [2.45, 2.75) is 44.2 Å². The van der Waals surface area contributed by atoms with Gasteiger partial charge in [0.1, 0.15) is 16.7 Å². The molecule has 1 aliphatic carbocycles. The molecule has 18 heavy (non-hydrogen) atoms. The van der Waals surface area contributed by atoms with Gasteiger partial charge in [-0.2, -0.15) is 0 Å². The molecule has 0 unspecified atom stereocenters. The summed E-state index contributed by atoms with van der Waals surface area (Å²) < 4.78 is 2.31. The lowest BCUT2D eigenvalue weighted by molar-refractivity contribution is 0.683. The smallest absolute Gasteiger partial charge is 0.143 e. The van der Waals surface area contributed by atoms with Crippen molar-refractivity contribution < 1.29 is 0 Å². The molecule has 0 amide bonds. The van der Waals surface area contributed by atoms with Crippen LogP contribution in [0.25, 0.3) is 0 Å². The van der Waals surface area contributed by atoms with Gasteiger partial charge in [0, 0.05) is 22.9 Å². The van der Waals surface area contributed by atoms with E-state index in [0.717, 1.165) is 23.2 Å². The molecule has 2 aromatic rings. The van der Waals surface area contributed by atoms with Crippen LogP contribution in [0.15, 0.2) is 6.20 Å². The largest absolute Gasteiger partial charge is 0.311 e. The molecule has 1 fully saturated rings. The summed E-state index contributed by atoms with van der Waals surface area (Å²) in [6, 6.07) is 0.665. The molecule has 1 aliphatic rings. The Morgan fingerprint density at radius 3 is 2.83 bits per heavy atom. The van der Waals surface area contributed by atoms with E-state index in [1.165, 1.54) is 22.7 Å². The number of rotatable bonds is 5. The van der Waals surface area contributed by atoms with Gasteiger partial charge in [0.15, 0.2) is 0 Å². The quantitative estimate of drug-likeness (QED) is 0.844. The van der Waals surface area contributed by atoms with E-state index in [2.05, 4.69) is 26.7 Å². The molecule has 2 aromatic heterocycles. The predicted octanol–water partition coefficient (Wildman–Crippen LogP) is 3.12. The Kier molecular flexibility index (Phi) is 3.39. The summed E-state index contributed by atoms with van der Waals surface area (Å²) in [4.78, 5) is 5.66. The summed E-state index contributed by atoms with van der Waals surface area (Å²) in [5.74, 6) is 4.07. The van der Waals surface area contributed by atoms with Crippen LogP contribution in [0.3, 0.4) is 0 Å². The van der Waals surface area contributed by atoms with Crippen LogP contribution in [-0.4, -0.2) is 19.7 Å². The molecular formula is C12H16N4S2. The molecule has 6 heteroatoms. The maximum Gasteiger partial charge on any atom is 0.143 e. The zero-order valence-corrected chi connectivity index (χ0v) is 12.2. The van der Waals surface area contributed by atoms with E-state index in [-0.39, 0.29) is 0 Å². The number of thioether (sulfide) groups is 1. The van der Waals surface area contributed by atoms with Gasteiger partial charge in [-0.05, 0) is 26.7 Å². The topological polar surface area (TPSA) is 43.6 Å². The minimum atomic E-state index is 0.665. The molecule has 0 aliphatic heterocycles. The number of aryl methyl sites for hydroxylation is 2. The predicted molar refractivity (Wildman–Crippen MR) is 74.9 cm³/mol. The molecule has 96 valence electrons. The van der Waals surface area contributed by atoms with Crippen molar-refractivity contribution >= 4 is 23.1 Å². The number of thiazole rings is 1. The zero-order chi connectivity index (χ0) is 12.5. The van der Waals surface area contributed by atoms with Crippen molar-refractivity contribution in [3.8, 4) is 0 Å². The van der Waals surface area contributed by atoms with Crippen molar-refractivity contribution in [3.05, 3.63) is 27.7 Å². The Morgan fingerprint density at radius 1 is 1.33 bits per heavy atom. The molecule has 2 heterocycles. The molecule has 4 nitrogen and oxygen atoms in total. The van der Waals surface area contributed by atoms with Crippen LogP contribution in [0, 0.1) is 13.8 Å². The molecular weight excluding hydrogens is 264 g/mol. The first-order valence-corrected chi connectivity index (χ1v) is 8.10. The fourth-order valence-electron chi connectivity index (χ4n) is 2.02. The van der Waals surface area contributed by atoms with Gasteiger partial charge in [-0.25, -0.2) is 4.98 Å². The summed E-state index contributed by atoms with van der Waals surface area (Å²) in [5.41, 5.74) is 0. The maximum absolute atomic E-state index is 4.38. The van der Waals surface area contributed by atoms with E-state index in [9.17, 15) is 0 Å². The molecule has 0 radical (unpaired) electrons. The van der Waals surface area contributed by atoms with Gasteiger partial charge in [-0.1, -0.05) is 0 Å². The van der Waals surface area contributed by atoms with Gasteiger partial charge in [0.05, 0.1) is 5.75 Å². The molecule has 0 bridgehead atoms. The number of hydrogen-bond donors (Lipinski definition) is 0. The average Bonchev–Trinajstić information content (AvgIpc) is 2.99. The third-order valence-electron chi connectivity index (χ3n) is 2.97. The van der Waals surface area contributed by atoms with Gasteiger partial charge >= 0.3 is 0 Å². The Bertz CT molecular complexity index is 542. The van der Waals surface area contributed by atoms with Crippen LogP contribution >= 0.6 is 23.1 Å². The number of nitrogens with zero attached hydrogens (tertiary/aromatic N) is 4. The van der Waals surface area contributed by atoms with Crippen molar-refractivity contribution in [2.75, 3.05) is 0 Å². The van der Waals surface area contributed by atoms with Gasteiger partial charge in [-0.3, -0.25) is 0 Å². The van der Waals surface area contributed by atoms with Crippen molar-refractivity contribution in [1.82, 2.24) is 19.7 Å². The second-order valence-corrected chi connectivity index (χ2v) is 6.93. The van der Waals surface area contributed by atoms with Crippen LogP contribution in [0.5, 0.6) is 0 Å². The third-order valence-corrected chi connectivity index (χ3v) is 5.01. The van der Waals surface area contributed by atoms with Gasteiger partial charge in [0.25, 0.3) is 0 Å². The number of hydrogen-bond acceptors (Lipinski definition) is 5.